The molecule has 1 aliphatic rings. The molecule has 1 aromatic heterocycles. The Bertz CT molecular complexity index is 568. The van der Waals surface area contributed by atoms with Crippen LogP contribution in [0, 0.1) is 6.92 Å². The van der Waals surface area contributed by atoms with E-state index in [1.165, 1.54) is 7.11 Å². The molecule has 7 nitrogen and oxygen atoms in total. The summed E-state index contributed by atoms with van der Waals surface area (Å²) in [7, 11) is 1.49. The first kappa shape index (κ1) is 22.6. The molecule has 0 aromatic carbocycles. The second-order valence-electron chi connectivity index (χ2n) is 6.85. The van der Waals surface area contributed by atoms with Gasteiger partial charge in [-0.25, -0.2) is 4.79 Å². The lowest BCUT2D eigenvalue weighted by Crippen LogP contribution is -2.64. The van der Waals surface area contributed by atoms with Crippen LogP contribution < -0.4 is 0 Å². The van der Waals surface area contributed by atoms with Gasteiger partial charge in [-0.15, -0.1) is 0 Å². The minimum absolute atomic E-state index is 0.151. The fourth-order valence-electron chi connectivity index (χ4n) is 2.90. The number of aromatic nitrogens is 1. The van der Waals surface area contributed by atoms with Crippen LogP contribution in [0.4, 0.5) is 0 Å². The first-order valence-electron chi connectivity index (χ1n) is 9.06. The average Bonchev–Trinajstić information content (AvgIpc) is 3.00. The summed E-state index contributed by atoms with van der Waals surface area (Å²) in [6.07, 6.45) is -3.78. The molecule has 1 saturated heterocycles. The Morgan fingerprint density at radius 2 is 1.92 bits per heavy atom. The molecule has 0 saturated carbocycles. The molecule has 2 rings (SSSR count). The molecule has 4 atom stereocenters. The van der Waals surface area contributed by atoms with Gasteiger partial charge in [-0.05, 0) is 46.8 Å². The van der Waals surface area contributed by atoms with Gasteiger partial charge in [0.15, 0.2) is 12.4 Å². The highest BCUT2D eigenvalue weighted by atomic mass is 16.7. The van der Waals surface area contributed by atoms with Crippen LogP contribution in [0.2, 0.25) is 0 Å². The molecule has 2 unspecified atom stereocenters. The number of carbonyl (C=O) groups excluding carboxylic acids is 1. The number of rotatable bonds is 5. The molecule has 1 fully saturated rings. The molecule has 0 bridgehead atoms. The molecule has 1 aliphatic heterocycles. The summed E-state index contributed by atoms with van der Waals surface area (Å²) in [5.74, 6) is -0.560. The zero-order chi connectivity index (χ0) is 20.1. The normalized spacial score (nSPS) is 27.6. The van der Waals surface area contributed by atoms with Gasteiger partial charge in [0.05, 0.1) is 11.7 Å². The smallest absolute Gasteiger partial charge is 0.355 e. The van der Waals surface area contributed by atoms with Crippen LogP contribution in [-0.2, 0) is 18.9 Å². The summed E-state index contributed by atoms with van der Waals surface area (Å²) in [5, 5.41) is 10.6. The SMILES string of the molecule is CC.CO[C@@H]1C(OC(=O)c2ccc(C)[nH]2)C(O)[C@H](OC(C)C)OC1(C)C. The number of H-pyrrole nitrogens is 1. The second-order valence-corrected chi connectivity index (χ2v) is 6.85. The molecule has 0 spiro atoms. The predicted molar refractivity (Wildman–Crippen MR) is 98.1 cm³/mol. The Balaban J connectivity index is 0.00000163. The van der Waals surface area contributed by atoms with Crippen LogP contribution in [0.3, 0.4) is 0 Å². The zero-order valence-corrected chi connectivity index (χ0v) is 17.0. The maximum atomic E-state index is 12.4. The van der Waals surface area contributed by atoms with Crippen molar-refractivity contribution in [2.45, 2.75) is 84.8 Å². The highest BCUT2D eigenvalue weighted by Crippen LogP contribution is 2.34. The van der Waals surface area contributed by atoms with Crippen molar-refractivity contribution in [3.8, 4) is 0 Å². The van der Waals surface area contributed by atoms with Crippen molar-refractivity contribution in [2.75, 3.05) is 7.11 Å². The monoisotopic (exact) mass is 371 g/mol. The summed E-state index contributed by atoms with van der Waals surface area (Å²) >= 11 is 0. The van der Waals surface area contributed by atoms with Crippen molar-refractivity contribution >= 4 is 5.97 Å². The molecule has 0 radical (unpaired) electrons. The van der Waals surface area contributed by atoms with E-state index in [0.29, 0.717) is 5.69 Å². The fourth-order valence-corrected chi connectivity index (χ4v) is 2.90. The van der Waals surface area contributed by atoms with Gasteiger partial charge >= 0.3 is 5.97 Å². The van der Waals surface area contributed by atoms with E-state index in [9.17, 15) is 9.90 Å². The van der Waals surface area contributed by atoms with Gasteiger partial charge in [0.25, 0.3) is 0 Å². The maximum Gasteiger partial charge on any atom is 0.355 e. The summed E-state index contributed by atoms with van der Waals surface area (Å²) in [5.41, 5.74) is 0.365. The Morgan fingerprint density at radius 3 is 2.38 bits per heavy atom. The Kier molecular flexibility index (Phi) is 8.27. The van der Waals surface area contributed by atoms with Crippen molar-refractivity contribution in [1.82, 2.24) is 4.98 Å². The average molecular weight is 371 g/mol. The first-order chi connectivity index (χ1) is 12.2. The van der Waals surface area contributed by atoms with Gasteiger partial charge in [-0.1, -0.05) is 13.8 Å². The molecule has 1 aromatic rings. The lowest BCUT2D eigenvalue weighted by Gasteiger charge is -2.48. The zero-order valence-electron chi connectivity index (χ0n) is 17.0. The van der Waals surface area contributed by atoms with E-state index in [-0.39, 0.29) is 6.10 Å². The number of nitrogens with one attached hydrogen (secondary N) is 1. The van der Waals surface area contributed by atoms with Gasteiger partial charge in [0.2, 0.25) is 0 Å². The lowest BCUT2D eigenvalue weighted by atomic mass is 9.89. The number of hydrogen-bond donors (Lipinski definition) is 2. The number of aliphatic hydroxyl groups excluding tert-OH is 1. The van der Waals surface area contributed by atoms with Gasteiger partial charge in [0, 0.05) is 12.8 Å². The number of aliphatic hydroxyl groups is 1. The summed E-state index contributed by atoms with van der Waals surface area (Å²) in [6.45, 7) is 13.1. The number of ether oxygens (including phenoxy) is 4. The predicted octanol–water partition coefficient (Wildman–Crippen LogP) is 2.81. The Labute approximate surface area is 156 Å². The quantitative estimate of drug-likeness (QED) is 0.774. The third-order valence-electron chi connectivity index (χ3n) is 3.97. The summed E-state index contributed by atoms with van der Waals surface area (Å²) in [4.78, 5) is 15.3. The number of carbonyl (C=O) groups is 1. The van der Waals surface area contributed by atoms with E-state index in [4.69, 9.17) is 18.9 Å². The third-order valence-corrected chi connectivity index (χ3v) is 3.97. The highest BCUT2D eigenvalue weighted by molar-refractivity contribution is 5.87. The number of aryl methyl sites for hydroxylation is 1. The van der Waals surface area contributed by atoms with Crippen molar-refractivity contribution < 1.29 is 28.8 Å². The summed E-state index contributed by atoms with van der Waals surface area (Å²) < 4.78 is 22.5. The molecule has 150 valence electrons. The lowest BCUT2D eigenvalue weighted by molar-refractivity contribution is -0.332. The van der Waals surface area contributed by atoms with Crippen LogP contribution in [0.1, 0.15) is 57.7 Å². The number of hydrogen-bond acceptors (Lipinski definition) is 6. The van der Waals surface area contributed by atoms with Crippen molar-refractivity contribution in [2.24, 2.45) is 0 Å². The van der Waals surface area contributed by atoms with Gasteiger partial charge in [-0.2, -0.15) is 0 Å². The van der Waals surface area contributed by atoms with Gasteiger partial charge < -0.3 is 29.0 Å². The van der Waals surface area contributed by atoms with Crippen molar-refractivity contribution in [1.29, 1.82) is 0 Å². The van der Waals surface area contributed by atoms with Gasteiger partial charge in [-0.3, -0.25) is 0 Å². The van der Waals surface area contributed by atoms with Crippen molar-refractivity contribution in [3.05, 3.63) is 23.5 Å². The maximum absolute atomic E-state index is 12.4. The van der Waals surface area contributed by atoms with Crippen LogP contribution in [0.15, 0.2) is 12.1 Å². The molecule has 2 N–H and O–H groups in total. The van der Waals surface area contributed by atoms with Crippen LogP contribution in [-0.4, -0.2) is 59.5 Å². The molecular weight excluding hydrogens is 338 g/mol. The number of aromatic amines is 1. The minimum Gasteiger partial charge on any atom is -0.452 e. The highest BCUT2D eigenvalue weighted by Gasteiger charge is 2.52. The van der Waals surface area contributed by atoms with Gasteiger partial charge in [0.1, 0.15) is 17.9 Å². The molecule has 2 heterocycles. The van der Waals surface area contributed by atoms with E-state index in [0.717, 1.165) is 5.69 Å². The van der Waals surface area contributed by atoms with Crippen molar-refractivity contribution in [3.63, 3.8) is 0 Å². The fraction of sp³-hybridized carbons (Fsp3) is 0.737. The molecular formula is C19H33NO6. The summed E-state index contributed by atoms with van der Waals surface area (Å²) in [6, 6.07) is 3.41. The molecule has 0 aliphatic carbocycles. The van der Waals surface area contributed by atoms with Crippen LogP contribution in [0.5, 0.6) is 0 Å². The van der Waals surface area contributed by atoms with E-state index in [1.807, 2.05) is 48.5 Å². The van der Waals surface area contributed by atoms with E-state index in [1.54, 1.807) is 12.1 Å². The third kappa shape index (κ3) is 5.30. The number of methoxy groups -OCH3 is 1. The Morgan fingerprint density at radius 1 is 1.31 bits per heavy atom. The van der Waals surface area contributed by atoms with E-state index < -0.39 is 36.2 Å². The molecule has 0 amide bonds. The second kappa shape index (κ2) is 9.50. The molecule has 26 heavy (non-hydrogen) atoms. The topological polar surface area (TPSA) is 90.0 Å². The number of esters is 1. The molecule has 7 heteroatoms. The largest absolute Gasteiger partial charge is 0.452 e. The van der Waals surface area contributed by atoms with Crippen LogP contribution >= 0.6 is 0 Å². The Hall–Kier alpha value is -1.41. The minimum atomic E-state index is -1.16. The first-order valence-corrected chi connectivity index (χ1v) is 9.06. The van der Waals surface area contributed by atoms with E-state index >= 15 is 0 Å². The standard InChI is InChI=1S/C17H27NO6.C2H6/c1-9(2)22-16-12(19)13(14(21-6)17(4,5)24-16)23-15(20)11-8-7-10(3)18-11;1-2/h7-9,12-14,16,18-19H,1-6H3;1-2H3/t12?,13?,14-,16-;/m1./s1. The van der Waals surface area contributed by atoms with Crippen LogP contribution in [0.25, 0.3) is 0 Å². The van der Waals surface area contributed by atoms with E-state index in [2.05, 4.69) is 4.98 Å².